The molecule has 0 amide bonds. The average molecular weight is 374 g/mol. The molecule has 0 saturated carbocycles. The van der Waals surface area contributed by atoms with Crippen molar-refractivity contribution in [2.75, 3.05) is 27.9 Å². The Hall–Kier alpha value is -1.50. The van der Waals surface area contributed by atoms with E-state index in [-0.39, 0.29) is 0 Å². The summed E-state index contributed by atoms with van der Waals surface area (Å²) in [5.41, 5.74) is 2.69. The van der Waals surface area contributed by atoms with Crippen molar-refractivity contribution in [1.29, 1.82) is 0 Å². The van der Waals surface area contributed by atoms with E-state index >= 15 is 0 Å². The molecule has 0 fully saturated rings. The van der Waals surface area contributed by atoms with Gasteiger partial charge in [0.15, 0.2) is 0 Å². The van der Waals surface area contributed by atoms with E-state index in [1.165, 1.54) is 11.1 Å². The molecule has 0 atom stereocenters. The maximum Gasteiger partial charge on any atom is 0.500 e. The van der Waals surface area contributed by atoms with Crippen LogP contribution in [0, 0.1) is 0 Å². The first-order valence-corrected chi connectivity index (χ1v) is 11.1. The predicted molar refractivity (Wildman–Crippen MR) is 108 cm³/mol. The molecule has 4 nitrogen and oxygen atoms in total. The summed E-state index contributed by atoms with van der Waals surface area (Å²) in [5.74, 6) is 0. The van der Waals surface area contributed by atoms with Gasteiger partial charge in [0.05, 0.1) is 0 Å². The standard InChI is InChI=1S/C21H31NO3Si/c1-23-26(24-2,25-3)17-11-10-16-22(18-20-12-6-4-7-13-20)19-21-14-8-5-9-15-21/h4-9,12-15H,10-11,16-19H2,1-3H3. The van der Waals surface area contributed by atoms with E-state index in [9.17, 15) is 0 Å². The van der Waals surface area contributed by atoms with Crippen molar-refractivity contribution in [1.82, 2.24) is 4.90 Å². The highest BCUT2D eigenvalue weighted by Crippen LogP contribution is 2.18. The zero-order chi connectivity index (χ0) is 18.7. The molecule has 2 aromatic rings. The zero-order valence-corrected chi connectivity index (χ0v) is 17.2. The fourth-order valence-corrected chi connectivity index (χ4v) is 4.93. The summed E-state index contributed by atoms with van der Waals surface area (Å²) in [4.78, 5) is 2.50. The molecule has 0 bridgehead atoms. The van der Waals surface area contributed by atoms with Crippen molar-refractivity contribution in [3.05, 3.63) is 71.8 Å². The van der Waals surface area contributed by atoms with Gasteiger partial charge in [-0.05, 0) is 30.5 Å². The Morgan fingerprint density at radius 3 is 1.58 bits per heavy atom. The maximum atomic E-state index is 5.52. The molecule has 26 heavy (non-hydrogen) atoms. The van der Waals surface area contributed by atoms with Crippen LogP contribution >= 0.6 is 0 Å². The first-order valence-electron chi connectivity index (χ1n) is 9.17. The van der Waals surface area contributed by atoms with Crippen LogP contribution in [-0.2, 0) is 26.4 Å². The molecule has 0 aliphatic carbocycles. The van der Waals surface area contributed by atoms with E-state index in [1.807, 2.05) is 0 Å². The largest absolute Gasteiger partial charge is 0.500 e. The smallest absolute Gasteiger partial charge is 0.377 e. The van der Waals surface area contributed by atoms with Gasteiger partial charge in [-0.1, -0.05) is 60.7 Å². The minimum absolute atomic E-state index is 0.848. The molecule has 142 valence electrons. The lowest BCUT2D eigenvalue weighted by molar-refractivity contribution is 0.122. The maximum absolute atomic E-state index is 5.52. The molecule has 5 heteroatoms. The van der Waals surface area contributed by atoms with Gasteiger partial charge in [0.2, 0.25) is 0 Å². The Bertz CT molecular complexity index is 555. The second-order valence-corrected chi connectivity index (χ2v) is 9.53. The lowest BCUT2D eigenvalue weighted by Gasteiger charge is -2.26. The third-order valence-corrected chi connectivity index (χ3v) is 7.47. The van der Waals surface area contributed by atoms with Crippen LogP contribution < -0.4 is 0 Å². The van der Waals surface area contributed by atoms with Gasteiger partial charge in [0.1, 0.15) is 0 Å². The molecular weight excluding hydrogens is 342 g/mol. The lowest BCUT2D eigenvalue weighted by atomic mass is 10.1. The van der Waals surface area contributed by atoms with Gasteiger partial charge in [-0.2, -0.15) is 0 Å². The topological polar surface area (TPSA) is 30.9 Å². The normalized spacial score (nSPS) is 11.8. The molecule has 0 radical (unpaired) electrons. The molecular formula is C21H31NO3Si. The summed E-state index contributed by atoms with van der Waals surface area (Å²) in [5, 5.41) is 0. The number of unbranched alkanes of at least 4 members (excludes halogenated alkanes) is 1. The number of rotatable bonds is 12. The fraction of sp³-hybridized carbons (Fsp3) is 0.429. The van der Waals surface area contributed by atoms with E-state index in [1.54, 1.807) is 21.3 Å². The summed E-state index contributed by atoms with van der Waals surface area (Å²) in [7, 11) is 2.57. The minimum atomic E-state index is -2.46. The van der Waals surface area contributed by atoms with Crippen molar-refractivity contribution in [3.63, 3.8) is 0 Å². The van der Waals surface area contributed by atoms with Crippen LogP contribution in [0.5, 0.6) is 0 Å². The van der Waals surface area contributed by atoms with E-state index in [0.29, 0.717) is 0 Å². The van der Waals surface area contributed by atoms with Gasteiger partial charge in [0.25, 0.3) is 0 Å². The highest BCUT2D eigenvalue weighted by atomic mass is 28.4. The summed E-state index contributed by atoms with van der Waals surface area (Å²) in [6.07, 6.45) is 2.12. The van der Waals surface area contributed by atoms with Gasteiger partial charge in [-0.15, -0.1) is 0 Å². The number of hydrogen-bond acceptors (Lipinski definition) is 4. The molecule has 2 rings (SSSR count). The van der Waals surface area contributed by atoms with Crippen LogP contribution in [-0.4, -0.2) is 41.6 Å². The van der Waals surface area contributed by atoms with Crippen LogP contribution in [0.3, 0.4) is 0 Å². The molecule has 2 aromatic carbocycles. The summed E-state index contributed by atoms with van der Waals surface area (Å²) in [6, 6.07) is 22.2. The van der Waals surface area contributed by atoms with Gasteiger partial charge in [-0.3, -0.25) is 4.90 Å². The minimum Gasteiger partial charge on any atom is -0.377 e. The molecule has 0 unspecified atom stereocenters. The first kappa shape index (κ1) is 20.8. The van der Waals surface area contributed by atoms with Gasteiger partial charge in [-0.25, -0.2) is 0 Å². The second kappa shape index (κ2) is 11.3. The third kappa shape index (κ3) is 6.66. The quantitative estimate of drug-likeness (QED) is 0.409. The van der Waals surface area contributed by atoms with E-state index in [0.717, 1.165) is 38.5 Å². The van der Waals surface area contributed by atoms with E-state index in [2.05, 4.69) is 65.6 Å². The Kier molecular flexibility index (Phi) is 9.01. The molecule has 0 N–H and O–H groups in total. The Balaban J connectivity index is 1.91. The van der Waals surface area contributed by atoms with Crippen LogP contribution in [0.15, 0.2) is 60.7 Å². The number of benzene rings is 2. The van der Waals surface area contributed by atoms with Crippen LogP contribution in [0.25, 0.3) is 0 Å². The van der Waals surface area contributed by atoms with Crippen molar-refractivity contribution >= 4 is 8.80 Å². The fourth-order valence-electron chi connectivity index (χ4n) is 3.13. The van der Waals surface area contributed by atoms with Crippen LogP contribution in [0.4, 0.5) is 0 Å². The summed E-state index contributed by atoms with van der Waals surface area (Å²) in [6.45, 7) is 2.94. The van der Waals surface area contributed by atoms with Crippen molar-refractivity contribution in [3.8, 4) is 0 Å². The van der Waals surface area contributed by atoms with Gasteiger partial charge >= 0.3 is 8.80 Å². The molecule has 0 aliphatic rings. The second-order valence-electron chi connectivity index (χ2n) is 6.43. The zero-order valence-electron chi connectivity index (χ0n) is 16.2. The highest BCUT2D eigenvalue weighted by Gasteiger charge is 2.36. The first-order chi connectivity index (χ1) is 12.7. The van der Waals surface area contributed by atoms with Crippen LogP contribution in [0.2, 0.25) is 6.04 Å². The molecule has 0 heterocycles. The third-order valence-electron chi connectivity index (χ3n) is 4.64. The highest BCUT2D eigenvalue weighted by molar-refractivity contribution is 6.60. The van der Waals surface area contributed by atoms with Crippen LogP contribution in [0.1, 0.15) is 24.0 Å². The van der Waals surface area contributed by atoms with Crippen molar-refractivity contribution < 1.29 is 13.3 Å². The molecule has 0 spiro atoms. The Morgan fingerprint density at radius 1 is 0.692 bits per heavy atom. The number of hydrogen-bond donors (Lipinski definition) is 0. The van der Waals surface area contributed by atoms with Gasteiger partial charge in [0, 0.05) is 40.5 Å². The van der Waals surface area contributed by atoms with E-state index < -0.39 is 8.80 Å². The monoisotopic (exact) mass is 373 g/mol. The molecule has 0 saturated heterocycles. The predicted octanol–water partition coefficient (Wildman–Crippen LogP) is 4.35. The Labute approximate surface area is 159 Å². The Morgan fingerprint density at radius 2 is 1.15 bits per heavy atom. The van der Waals surface area contributed by atoms with Gasteiger partial charge < -0.3 is 13.3 Å². The summed E-state index contributed by atoms with van der Waals surface area (Å²) >= 11 is 0. The summed E-state index contributed by atoms with van der Waals surface area (Å²) < 4.78 is 16.5. The lowest BCUT2D eigenvalue weighted by Crippen LogP contribution is -2.42. The SMILES string of the molecule is CO[Si](CCCCN(Cc1ccccc1)Cc1ccccc1)(OC)OC. The average Bonchev–Trinajstić information content (AvgIpc) is 2.70. The van der Waals surface area contributed by atoms with E-state index in [4.69, 9.17) is 13.3 Å². The van der Waals surface area contributed by atoms with Crippen molar-refractivity contribution in [2.45, 2.75) is 32.0 Å². The molecule has 0 aliphatic heterocycles. The molecule has 0 aromatic heterocycles. The van der Waals surface area contributed by atoms with Crippen molar-refractivity contribution in [2.24, 2.45) is 0 Å². The number of nitrogens with zero attached hydrogens (tertiary/aromatic N) is 1.